The van der Waals surface area contributed by atoms with E-state index in [-0.39, 0.29) is 19.3 Å². The molecule has 0 radical (unpaired) electrons. The monoisotopic (exact) mass is 1420 g/mol. The Kier molecular flexibility index (Phi) is 69.4. The molecule has 0 spiro atoms. The van der Waals surface area contributed by atoms with Gasteiger partial charge in [0.05, 0.1) is 26.4 Å². The van der Waals surface area contributed by atoms with Crippen molar-refractivity contribution in [3.8, 4) is 0 Å². The molecule has 0 saturated carbocycles. The van der Waals surface area contributed by atoms with Crippen LogP contribution in [0.4, 0.5) is 0 Å². The summed E-state index contributed by atoms with van der Waals surface area (Å²) >= 11 is 0. The quantitative estimate of drug-likeness (QED) is 0.0146. The van der Waals surface area contributed by atoms with Gasteiger partial charge in [0.2, 0.25) is 0 Å². The number of ether oxygens (including phenoxy) is 3. The molecule has 564 valence electrons. The lowest BCUT2D eigenvalue weighted by atomic mass is 10.0. The maximum Gasteiger partial charge on any atom is 0.472 e. The molecule has 0 saturated heterocycles. The van der Waals surface area contributed by atoms with Gasteiger partial charge < -0.3 is 34.2 Å². The standard InChI is InChI=1S/C81H134O16P2/c1-4-7-10-13-16-19-22-25-28-30-32-33-34-35-36-37-38-39-40-41-43-45-47-49-52-55-58-61-64-67-79(84)91-70-76(82)71-93-98(87,88)94-72-77(83)73-95-99(89,90)96-75-78(97-81(86)69-66-63-60-57-54-51-46-27-24-21-18-15-12-9-6-3)74-92-80(85)68-65-62-59-56-53-50-48-44-42-31-29-26-23-20-17-14-11-8-5-2/h7-8,10-11,16-21,25-29,32-33,35-36,42,44,46,50,53,59,62,76-78,82-83H,4-6,9,12-15,22-24,30-31,34,37-41,43,45,47-49,51-52,54-58,60-61,63-75H2,1-3H3,(H,87,88)(H,89,90)/b10-7-,11-8-,19-16-,20-17-,21-18-,28-25-,29-26-,33-32-,36-35-,44-42-,46-27-,53-50-,62-59-. The lowest BCUT2D eigenvalue weighted by Gasteiger charge is -2.21. The minimum Gasteiger partial charge on any atom is -0.463 e. The van der Waals surface area contributed by atoms with Crippen LogP contribution in [-0.4, -0.2) is 95.9 Å². The second kappa shape index (κ2) is 72.9. The van der Waals surface area contributed by atoms with E-state index in [1.807, 2.05) is 18.2 Å². The number of phosphoric ester groups is 2. The minimum absolute atomic E-state index is 0.0377. The molecule has 5 atom stereocenters. The molecule has 0 heterocycles. The Balaban J connectivity index is 4.59. The molecular weight excluding hydrogens is 1290 g/mol. The number of rotatable bonds is 70. The van der Waals surface area contributed by atoms with Gasteiger partial charge in [-0.2, -0.15) is 0 Å². The van der Waals surface area contributed by atoms with Crippen molar-refractivity contribution >= 4 is 33.6 Å². The van der Waals surface area contributed by atoms with Crippen molar-refractivity contribution in [2.75, 3.05) is 39.6 Å². The van der Waals surface area contributed by atoms with Gasteiger partial charge in [-0.15, -0.1) is 0 Å². The first-order valence-corrected chi connectivity index (χ1v) is 40.8. The lowest BCUT2D eigenvalue weighted by molar-refractivity contribution is -0.161. The molecule has 18 heteroatoms. The SMILES string of the molecule is CC/C=C\C/C=C\C/C=C\C/C=C\C/C=C\C/C=C\CCC(=O)OCC(COP(=O)(O)OCC(O)COP(=O)(O)OCC(O)COC(=O)CCCCCCCCCCCCCCC/C=C\C/C=C\C/C=C\C/C=C\C/C=C\CC)OC(=O)CCCCCCC/C=C\C/C=C\CCCCC. The molecule has 0 aromatic heterocycles. The third kappa shape index (κ3) is 74.2. The van der Waals surface area contributed by atoms with Crippen molar-refractivity contribution in [1.29, 1.82) is 0 Å². The Morgan fingerprint density at radius 2 is 0.556 bits per heavy atom. The van der Waals surface area contributed by atoms with Crippen molar-refractivity contribution in [3.63, 3.8) is 0 Å². The molecular formula is C81H134O16P2. The van der Waals surface area contributed by atoms with E-state index in [0.717, 1.165) is 135 Å². The summed E-state index contributed by atoms with van der Waals surface area (Å²) in [6.07, 6.45) is 90.3. The Bertz CT molecular complexity index is 2430. The maximum atomic E-state index is 12.9. The van der Waals surface area contributed by atoms with Gasteiger partial charge >= 0.3 is 33.6 Å². The van der Waals surface area contributed by atoms with Crippen molar-refractivity contribution in [2.45, 2.75) is 296 Å². The number of carbonyl (C=O) groups is 3. The van der Waals surface area contributed by atoms with Gasteiger partial charge in [-0.3, -0.25) is 32.5 Å². The number of allylic oxidation sites excluding steroid dienone is 26. The van der Waals surface area contributed by atoms with Crippen LogP contribution in [0.1, 0.15) is 278 Å². The summed E-state index contributed by atoms with van der Waals surface area (Å²) in [6, 6.07) is 0. The average molecular weight is 1430 g/mol. The molecule has 0 amide bonds. The minimum atomic E-state index is -4.95. The van der Waals surface area contributed by atoms with Crippen LogP contribution in [-0.2, 0) is 55.8 Å². The van der Waals surface area contributed by atoms with Gasteiger partial charge in [0.1, 0.15) is 25.4 Å². The first-order chi connectivity index (χ1) is 48.2. The van der Waals surface area contributed by atoms with Crippen LogP contribution in [0, 0.1) is 0 Å². The molecule has 0 aromatic rings. The summed E-state index contributed by atoms with van der Waals surface area (Å²) in [7, 11) is -9.82. The Hall–Kier alpha value is -4.83. The van der Waals surface area contributed by atoms with Crippen LogP contribution in [0.15, 0.2) is 158 Å². The molecule has 0 aromatic carbocycles. The number of aliphatic hydroxyl groups excluding tert-OH is 2. The molecule has 0 aliphatic heterocycles. The van der Waals surface area contributed by atoms with Crippen molar-refractivity contribution < 1.29 is 75.8 Å². The van der Waals surface area contributed by atoms with Crippen LogP contribution in [0.2, 0.25) is 0 Å². The van der Waals surface area contributed by atoms with Gasteiger partial charge in [-0.25, -0.2) is 9.13 Å². The number of phosphoric acid groups is 2. The van der Waals surface area contributed by atoms with E-state index < -0.39 is 91.5 Å². The van der Waals surface area contributed by atoms with E-state index in [1.165, 1.54) is 77.0 Å². The zero-order chi connectivity index (χ0) is 72.3. The zero-order valence-corrected chi connectivity index (χ0v) is 63.1. The third-order valence-electron chi connectivity index (χ3n) is 15.2. The summed E-state index contributed by atoms with van der Waals surface area (Å²) in [4.78, 5) is 58.5. The molecule has 0 aliphatic carbocycles. The van der Waals surface area contributed by atoms with Crippen LogP contribution < -0.4 is 0 Å². The van der Waals surface area contributed by atoms with Crippen molar-refractivity contribution in [3.05, 3.63) is 158 Å². The number of esters is 3. The number of carbonyl (C=O) groups excluding carboxylic acids is 3. The largest absolute Gasteiger partial charge is 0.472 e. The average Bonchev–Trinajstić information content (AvgIpc) is 1.92. The first-order valence-electron chi connectivity index (χ1n) is 37.8. The van der Waals surface area contributed by atoms with E-state index in [4.69, 9.17) is 32.3 Å². The van der Waals surface area contributed by atoms with E-state index in [0.29, 0.717) is 25.7 Å². The van der Waals surface area contributed by atoms with E-state index in [9.17, 15) is 43.5 Å². The first kappa shape index (κ1) is 94.2. The molecule has 0 aliphatic rings. The maximum absolute atomic E-state index is 12.9. The molecule has 99 heavy (non-hydrogen) atoms. The highest BCUT2D eigenvalue weighted by molar-refractivity contribution is 7.47. The Labute approximate surface area is 600 Å². The van der Waals surface area contributed by atoms with Gasteiger partial charge in [0.15, 0.2) is 6.10 Å². The predicted molar refractivity (Wildman–Crippen MR) is 408 cm³/mol. The summed E-state index contributed by atoms with van der Waals surface area (Å²) < 4.78 is 60.9. The molecule has 4 N–H and O–H groups in total. The number of hydrogen-bond acceptors (Lipinski definition) is 14. The highest BCUT2D eigenvalue weighted by Gasteiger charge is 2.29. The van der Waals surface area contributed by atoms with Gasteiger partial charge in [-0.05, 0) is 135 Å². The van der Waals surface area contributed by atoms with Crippen LogP contribution in [0.25, 0.3) is 0 Å². The zero-order valence-electron chi connectivity index (χ0n) is 61.4. The second-order valence-corrected chi connectivity index (χ2v) is 27.6. The topological polar surface area (TPSA) is 231 Å². The highest BCUT2D eigenvalue weighted by atomic mass is 31.2. The van der Waals surface area contributed by atoms with Gasteiger partial charge in [0.25, 0.3) is 0 Å². The fourth-order valence-electron chi connectivity index (χ4n) is 9.54. The van der Waals surface area contributed by atoms with E-state index in [2.05, 4.69) is 161 Å². The normalized spacial score (nSPS) is 14.9. The van der Waals surface area contributed by atoms with E-state index >= 15 is 0 Å². The third-order valence-corrected chi connectivity index (χ3v) is 17.1. The lowest BCUT2D eigenvalue weighted by Crippen LogP contribution is -2.30. The Morgan fingerprint density at radius 3 is 0.909 bits per heavy atom. The number of hydrogen-bond donors (Lipinski definition) is 4. The molecule has 5 unspecified atom stereocenters. The Morgan fingerprint density at radius 1 is 0.293 bits per heavy atom. The molecule has 16 nitrogen and oxygen atoms in total. The van der Waals surface area contributed by atoms with Gasteiger partial charge in [-0.1, -0.05) is 281 Å². The predicted octanol–water partition coefficient (Wildman–Crippen LogP) is 21.9. The summed E-state index contributed by atoms with van der Waals surface area (Å²) in [5, 5.41) is 20.6. The van der Waals surface area contributed by atoms with Crippen LogP contribution in [0.3, 0.4) is 0 Å². The number of aliphatic hydroxyl groups is 2. The van der Waals surface area contributed by atoms with Crippen LogP contribution >= 0.6 is 15.6 Å². The van der Waals surface area contributed by atoms with Crippen LogP contribution in [0.5, 0.6) is 0 Å². The highest BCUT2D eigenvalue weighted by Crippen LogP contribution is 2.45. The molecule has 0 bridgehead atoms. The van der Waals surface area contributed by atoms with E-state index in [1.54, 1.807) is 0 Å². The molecule has 0 fully saturated rings. The second-order valence-electron chi connectivity index (χ2n) is 24.7. The van der Waals surface area contributed by atoms with Crippen molar-refractivity contribution in [2.24, 2.45) is 0 Å². The molecule has 0 rings (SSSR count). The fourth-order valence-corrected chi connectivity index (χ4v) is 11.1. The fraction of sp³-hybridized carbons (Fsp3) is 0.642. The summed E-state index contributed by atoms with van der Waals surface area (Å²) in [6.45, 7) is 2.30. The van der Waals surface area contributed by atoms with Gasteiger partial charge in [0, 0.05) is 19.3 Å². The summed E-state index contributed by atoms with van der Waals surface area (Å²) in [5.74, 6) is -1.70. The smallest absolute Gasteiger partial charge is 0.463 e. The summed E-state index contributed by atoms with van der Waals surface area (Å²) in [5.41, 5.74) is 0. The van der Waals surface area contributed by atoms with Crippen molar-refractivity contribution in [1.82, 2.24) is 0 Å². The number of unbranched alkanes of at least 4 members (excludes halogenated alkanes) is 21.